The van der Waals surface area contributed by atoms with E-state index in [9.17, 15) is 8.42 Å². The van der Waals surface area contributed by atoms with E-state index in [1.165, 1.54) is 56.9 Å². The third kappa shape index (κ3) is 7.67. The second kappa shape index (κ2) is 11.9. The Bertz CT molecular complexity index is 770. The Kier molecular flexibility index (Phi) is 9.56. The summed E-state index contributed by atoms with van der Waals surface area (Å²) in [4.78, 5) is 0.305. The third-order valence-corrected chi connectivity index (χ3v) is 6.67. The van der Waals surface area contributed by atoms with E-state index in [0.29, 0.717) is 16.5 Å². The Labute approximate surface area is 171 Å². The van der Waals surface area contributed by atoms with Crippen LogP contribution in [0.4, 0.5) is 5.69 Å². The van der Waals surface area contributed by atoms with Crippen molar-refractivity contribution in [2.75, 3.05) is 4.72 Å². The van der Waals surface area contributed by atoms with Crippen molar-refractivity contribution in [2.24, 2.45) is 0 Å². The lowest BCUT2D eigenvalue weighted by molar-refractivity contribution is 0.543. The lowest BCUT2D eigenvalue weighted by atomic mass is 9.95. The van der Waals surface area contributed by atoms with Gasteiger partial charge in [0.15, 0.2) is 0 Å². The molecule has 4 heteroatoms. The van der Waals surface area contributed by atoms with Gasteiger partial charge in [0.05, 0.1) is 4.90 Å². The number of benzene rings is 2. The Morgan fingerprint density at radius 3 is 1.96 bits per heavy atom. The maximum Gasteiger partial charge on any atom is 0.261 e. The van der Waals surface area contributed by atoms with Crippen LogP contribution in [-0.4, -0.2) is 8.42 Å². The molecule has 0 spiro atoms. The molecule has 1 atom stereocenters. The van der Waals surface area contributed by atoms with Crippen LogP contribution in [0.15, 0.2) is 59.5 Å². The summed E-state index contributed by atoms with van der Waals surface area (Å²) in [6, 6.07) is 16.3. The van der Waals surface area contributed by atoms with Crippen LogP contribution in [-0.2, 0) is 10.0 Å². The summed E-state index contributed by atoms with van der Waals surface area (Å²) in [5, 5.41) is 0. The van der Waals surface area contributed by atoms with Crippen LogP contribution in [0.1, 0.15) is 83.1 Å². The predicted octanol–water partition coefficient (Wildman–Crippen LogP) is 7.12. The number of nitrogens with one attached hydrogen (secondary N) is 1. The summed E-state index contributed by atoms with van der Waals surface area (Å²) in [5.41, 5.74) is 1.79. The Morgan fingerprint density at radius 1 is 0.786 bits per heavy atom. The van der Waals surface area contributed by atoms with Gasteiger partial charge in [0.25, 0.3) is 10.0 Å². The Morgan fingerprint density at radius 2 is 1.36 bits per heavy atom. The maximum absolute atomic E-state index is 12.5. The number of rotatable bonds is 13. The molecule has 0 saturated carbocycles. The van der Waals surface area contributed by atoms with Gasteiger partial charge in [-0.3, -0.25) is 4.72 Å². The van der Waals surface area contributed by atoms with E-state index >= 15 is 0 Å². The first-order chi connectivity index (χ1) is 13.5. The second-order valence-corrected chi connectivity index (χ2v) is 9.39. The van der Waals surface area contributed by atoms with Crippen LogP contribution in [0.25, 0.3) is 0 Å². The van der Waals surface area contributed by atoms with E-state index in [2.05, 4.69) is 18.6 Å². The van der Waals surface area contributed by atoms with Crippen molar-refractivity contribution < 1.29 is 8.42 Å². The highest BCUT2D eigenvalue weighted by atomic mass is 32.2. The highest BCUT2D eigenvalue weighted by molar-refractivity contribution is 7.92. The molecule has 154 valence electrons. The molecule has 0 bridgehead atoms. The normalized spacial score (nSPS) is 12.6. The van der Waals surface area contributed by atoms with Crippen molar-refractivity contribution >= 4 is 15.7 Å². The van der Waals surface area contributed by atoms with Gasteiger partial charge >= 0.3 is 0 Å². The quantitative estimate of drug-likeness (QED) is 0.363. The first-order valence-corrected chi connectivity index (χ1v) is 12.2. The standard InChI is InChI=1S/C24H35NO2S/c1-3-4-5-6-7-8-9-11-14-21(2)22-17-19-24(20-18-22)28(26,27)25-23-15-12-10-13-16-23/h10,12-13,15-21,25H,3-9,11,14H2,1-2H3. The zero-order valence-electron chi connectivity index (χ0n) is 17.4. The maximum atomic E-state index is 12.5. The molecule has 2 aromatic carbocycles. The largest absolute Gasteiger partial charge is 0.280 e. The molecule has 2 aromatic rings. The molecule has 0 fully saturated rings. The molecule has 0 radical (unpaired) electrons. The number of hydrogen-bond donors (Lipinski definition) is 1. The van der Waals surface area contributed by atoms with Gasteiger partial charge in [-0.15, -0.1) is 0 Å². The summed E-state index contributed by atoms with van der Waals surface area (Å²) in [6.45, 7) is 4.48. The molecule has 0 heterocycles. The van der Waals surface area contributed by atoms with E-state index in [0.717, 1.165) is 6.42 Å². The monoisotopic (exact) mass is 401 g/mol. The molecule has 0 aromatic heterocycles. The van der Waals surface area contributed by atoms with Crippen LogP contribution >= 0.6 is 0 Å². The molecule has 2 rings (SSSR count). The SMILES string of the molecule is CCCCCCCCCCC(C)c1ccc(S(=O)(=O)Nc2ccccc2)cc1. The number of unbranched alkanes of at least 4 members (excludes halogenated alkanes) is 7. The number of hydrogen-bond acceptors (Lipinski definition) is 2. The van der Waals surface area contributed by atoms with Gasteiger partial charge < -0.3 is 0 Å². The molecular weight excluding hydrogens is 366 g/mol. The van der Waals surface area contributed by atoms with E-state index in [4.69, 9.17) is 0 Å². The summed E-state index contributed by atoms with van der Waals surface area (Å²) >= 11 is 0. The smallest absolute Gasteiger partial charge is 0.261 e. The number of sulfonamides is 1. The minimum absolute atomic E-state index is 0.305. The minimum atomic E-state index is -3.54. The van der Waals surface area contributed by atoms with Gasteiger partial charge in [0.2, 0.25) is 0 Å². The average molecular weight is 402 g/mol. The topological polar surface area (TPSA) is 46.2 Å². The van der Waals surface area contributed by atoms with Crippen LogP contribution in [0.5, 0.6) is 0 Å². The molecule has 0 saturated heterocycles. The van der Waals surface area contributed by atoms with Crippen molar-refractivity contribution in [1.82, 2.24) is 0 Å². The molecule has 0 aliphatic rings. The van der Waals surface area contributed by atoms with Crippen LogP contribution < -0.4 is 4.72 Å². The third-order valence-electron chi connectivity index (χ3n) is 5.28. The molecule has 1 N–H and O–H groups in total. The van der Waals surface area contributed by atoms with Crippen LogP contribution in [0, 0.1) is 0 Å². The van der Waals surface area contributed by atoms with Gasteiger partial charge in [-0.2, -0.15) is 0 Å². The highest BCUT2D eigenvalue weighted by Gasteiger charge is 2.15. The minimum Gasteiger partial charge on any atom is -0.280 e. The summed E-state index contributed by atoms with van der Waals surface area (Å²) in [5.74, 6) is 0.457. The average Bonchev–Trinajstić information content (AvgIpc) is 2.70. The first kappa shape index (κ1) is 22.5. The van der Waals surface area contributed by atoms with Gasteiger partial charge in [-0.05, 0) is 42.2 Å². The van der Waals surface area contributed by atoms with Gasteiger partial charge in [0.1, 0.15) is 0 Å². The fourth-order valence-corrected chi connectivity index (χ4v) is 4.51. The van der Waals surface area contributed by atoms with Gasteiger partial charge in [-0.25, -0.2) is 8.42 Å². The van der Waals surface area contributed by atoms with E-state index in [1.54, 1.807) is 24.3 Å². The second-order valence-electron chi connectivity index (χ2n) is 7.71. The van der Waals surface area contributed by atoms with E-state index in [-0.39, 0.29) is 0 Å². The zero-order chi connectivity index (χ0) is 20.2. The predicted molar refractivity (Wildman–Crippen MR) is 119 cm³/mol. The van der Waals surface area contributed by atoms with Crippen LogP contribution in [0.2, 0.25) is 0 Å². The number of para-hydroxylation sites is 1. The fraction of sp³-hybridized carbons (Fsp3) is 0.500. The lowest BCUT2D eigenvalue weighted by Gasteiger charge is -2.13. The molecule has 0 aliphatic heterocycles. The fourth-order valence-electron chi connectivity index (χ4n) is 3.45. The summed E-state index contributed by atoms with van der Waals surface area (Å²) < 4.78 is 27.6. The van der Waals surface area contributed by atoms with Crippen molar-refractivity contribution in [1.29, 1.82) is 0 Å². The Hall–Kier alpha value is -1.81. The van der Waals surface area contributed by atoms with E-state index in [1.807, 2.05) is 30.3 Å². The molecule has 0 aliphatic carbocycles. The number of anilines is 1. The van der Waals surface area contributed by atoms with Crippen molar-refractivity contribution in [3.05, 3.63) is 60.2 Å². The summed E-state index contributed by atoms with van der Waals surface area (Å²) in [7, 11) is -3.54. The molecule has 1 unspecified atom stereocenters. The van der Waals surface area contributed by atoms with Gasteiger partial charge in [-0.1, -0.05) is 95.5 Å². The van der Waals surface area contributed by atoms with Crippen molar-refractivity contribution in [3.8, 4) is 0 Å². The molecule has 0 amide bonds. The Balaban J connectivity index is 1.78. The molecular formula is C24H35NO2S. The first-order valence-electron chi connectivity index (χ1n) is 10.7. The van der Waals surface area contributed by atoms with E-state index < -0.39 is 10.0 Å². The van der Waals surface area contributed by atoms with Crippen molar-refractivity contribution in [2.45, 2.75) is 82.4 Å². The van der Waals surface area contributed by atoms with Crippen molar-refractivity contribution in [3.63, 3.8) is 0 Å². The molecule has 3 nitrogen and oxygen atoms in total. The summed E-state index contributed by atoms with van der Waals surface area (Å²) in [6.07, 6.45) is 11.8. The van der Waals surface area contributed by atoms with Crippen LogP contribution in [0.3, 0.4) is 0 Å². The van der Waals surface area contributed by atoms with Gasteiger partial charge in [0, 0.05) is 5.69 Å². The lowest BCUT2D eigenvalue weighted by Crippen LogP contribution is -2.12. The molecule has 28 heavy (non-hydrogen) atoms. The highest BCUT2D eigenvalue weighted by Crippen LogP contribution is 2.24. The zero-order valence-corrected chi connectivity index (χ0v) is 18.2.